The molecule has 1 rings (SSSR count). The van der Waals surface area contributed by atoms with Gasteiger partial charge in [0.25, 0.3) is 0 Å². The van der Waals surface area contributed by atoms with E-state index in [2.05, 4.69) is 0 Å². The van der Waals surface area contributed by atoms with E-state index in [1.165, 1.54) is 0 Å². The normalized spacial score (nSPS) is 10.2. The average Bonchev–Trinajstić information content (AvgIpc) is 1.98. The van der Waals surface area contributed by atoms with Gasteiger partial charge in [0.15, 0.2) is 7.05 Å². The lowest BCUT2D eigenvalue weighted by Gasteiger charge is -1.75. The third kappa shape index (κ3) is 1.20. The van der Waals surface area contributed by atoms with Gasteiger partial charge in [-0.05, 0) is 18.5 Å². The molecule has 0 aliphatic carbocycles. The summed E-state index contributed by atoms with van der Waals surface area (Å²) >= 11 is 13.0. The fraction of sp³-hybridized carbons (Fsp3) is 0.400. The molecule has 0 saturated heterocycles. The zero-order valence-electron chi connectivity index (χ0n) is 5.11. The van der Waals surface area contributed by atoms with Gasteiger partial charge in [0, 0.05) is 0 Å². The lowest BCUT2D eigenvalue weighted by molar-refractivity contribution is -0.598. The Morgan fingerprint density at radius 3 is 2.11 bits per heavy atom. The number of rotatable bonds is 0. The van der Waals surface area contributed by atoms with Crippen LogP contribution in [0.2, 0.25) is 10.2 Å². The second-order valence-corrected chi connectivity index (χ2v) is 3.83. The minimum absolute atomic E-state index is 0.624. The van der Waals surface area contributed by atoms with Crippen molar-refractivity contribution in [3.05, 3.63) is 15.1 Å². The molecule has 50 valence electrons. The molecule has 0 atom stereocenters. The Balaban J connectivity index is 3.29. The van der Waals surface area contributed by atoms with Gasteiger partial charge in [-0.1, -0.05) is 11.6 Å². The highest BCUT2D eigenvalue weighted by Crippen LogP contribution is 2.24. The highest BCUT2D eigenvalue weighted by atomic mass is 35.5. The SMILES string of the molecule is Cc1s[n+](C)c(Cl)c1Cl. The molecule has 0 radical (unpaired) electrons. The van der Waals surface area contributed by atoms with Crippen LogP contribution in [0.3, 0.4) is 0 Å². The van der Waals surface area contributed by atoms with Crippen LogP contribution in [-0.4, -0.2) is 0 Å². The summed E-state index contributed by atoms with van der Waals surface area (Å²) in [6.45, 7) is 1.94. The molecule has 9 heavy (non-hydrogen) atoms. The predicted octanol–water partition coefficient (Wildman–Crippen LogP) is 2.19. The standard InChI is InChI=1S/C5H6Cl2NS/c1-3-4(6)5(7)8(2)9-3/h1-2H3/q+1. The topological polar surface area (TPSA) is 3.88 Å². The Bertz CT molecular complexity index is 209. The molecule has 0 spiro atoms. The first kappa shape index (κ1) is 7.32. The van der Waals surface area contributed by atoms with Crippen molar-refractivity contribution in [1.82, 2.24) is 0 Å². The monoisotopic (exact) mass is 182 g/mol. The van der Waals surface area contributed by atoms with E-state index in [-0.39, 0.29) is 0 Å². The molecular weight excluding hydrogens is 177 g/mol. The molecule has 0 unspecified atom stereocenters. The zero-order chi connectivity index (χ0) is 7.02. The Labute approximate surface area is 68.0 Å². The van der Waals surface area contributed by atoms with Crippen molar-refractivity contribution < 1.29 is 3.96 Å². The van der Waals surface area contributed by atoms with Gasteiger partial charge < -0.3 is 0 Å². The maximum atomic E-state index is 5.76. The van der Waals surface area contributed by atoms with Crippen LogP contribution in [0.15, 0.2) is 0 Å². The number of aryl methyl sites for hydroxylation is 2. The van der Waals surface area contributed by atoms with E-state index in [4.69, 9.17) is 23.2 Å². The summed E-state index contributed by atoms with van der Waals surface area (Å²) in [6, 6.07) is 0. The van der Waals surface area contributed by atoms with Crippen molar-refractivity contribution in [1.29, 1.82) is 0 Å². The molecule has 0 aliphatic rings. The molecule has 0 aliphatic heterocycles. The van der Waals surface area contributed by atoms with E-state index in [9.17, 15) is 0 Å². The Morgan fingerprint density at radius 2 is 2.00 bits per heavy atom. The van der Waals surface area contributed by atoms with Crippen LogP contribution < -0.4 is 3.96 Å². The van der Waals surface area contributed by atoms with Gasteiger partial charge in [-0.2, -0.15) is 0 Å². The van der Waals surface area contributed by atoms with E-state index >= 15 is 0 Å². The van der Waals surface area contributed by atoms with Crippen molar-refractivity contribution in [2.24, 2.45) is 7.05 Å². The van der Waals surface area contributed by atoms with Crippen LogP contribution >= 0.6 is 34.7 Å². The molecule has 1 nitrogen and oxygen atoms in total. The minimum atomic E-state index is 0.624. The summed E-state index contributed by atoms with van der Waals surface area (Å²) < 4.78 is 1.83. The van der Waals surface area contributed by atoms with Gasteiger partial charge in [-0.15, -0.1) is 3.96 Å². The van der Waals surface area contributed by atoms with Crippen LogP contribution in [0.5, 0.6) is 0 Å². The van der Waals surface area contributed by atoms with Gasteiger partial charge in [0.05, 0.1) is 4.88 Å². The summed E-state index contributed by atoms with van der Waals surface area (Å²) in [6.07, 6.45) is 0. The lowest BCUT2D eigenvalue weighted by atomic mass is 10.5. The molecule has 0 N–H and O–H groups in total. The second-order valence-electron chi connectivity index (χ2n) is 1.75. The quantitative estimate of drug-likeness (QED) is 0.543. The second kappa shape index (κ2) is 2.45. The molecule has 1 heterocycles. The number of hydrogen-bond acceptors (Lipinski definition) is 1. The zero-order valence-corrected chi connectivity index (χ0v) is 7.44. The largest absolute Gasteiger partial charge is 0.308 e. The third-order valence-corrected chi connectivity index (χ3v) is 3.19. The van der Waals surface area contributed by atoms with Crippen LogP contribution in [0.1, 0.15) is 4.88 Å². The van der Waals surface area contributed by atoms with Crippen molar-refractivity contribution in [3.8, 4) is 0 Å². The molecule has 0 amide bonds. The van der Waals surface area contributed by atoms with Crippen molar-refractivity contribution in [2.45, 2.75) is 6.92 Å². The number of halogens is 2. The maximum absolute atomic E-state index is 5.76. The van der Waals surface area contributed by atoms with E-state index in [1.54, 1.807) is 11.5 Å². The van der Waals surface area contributed by atoms with Gasteiger partial charge in [-0.25, -0.2) is 0 Å². The Hall–Kier alpha value is 0.210. The smallest absolute Gasteiger partial charge is 0.125 e. The lowest BCUT2D eigenvalue weighted by Crippen LogP contribution is -2.21. The molecule has 0 fully saturated rings. The molecule has 1 aromatic rings. The summed E-state index contributed by atoms with van der Waals surface area (Å²) in [7, 11) is 1.88. The fourth-order valence-corrected chi connectivity index (χ4v) is 1.91. The van der Waals surface area contributed by atoms with Crippen LogP contribution in [0.25, 0.3) is 0 Å². The van der Waals surface area contributed by atoms with E-state index in [0.29, 0.717) is 10.2 Å². The van der Waals surface area contributed by atoms with E-state index < -0.39 is 0 Å². The summed E-state index contributed by atoms with van der Waals surface area (Å²) in [5, 5.41) is 1.29. The van der Waals surface area contributed by atoms with Crippen molar-refractivity contribution in [3.63, 3.8) is 0 Å². The van der Waals surface area contributed by atoms with E-state index in [1.807, 2.05) is 17.9 Å². The first-order valence-electron chi connectivity index (χ1n) is 2.44. The summed E-state index contributed by atoms with van der Waals surface area (Å²) in [5.41, 5.74) is 0. The summed E-state index contributed by atoms with van der Waals surface area (Å²) in [5.74, 6) is 0. The highest BCUT2D eigenvalue weighted by molar-refractivity contribution is 7.02. The highest BCUT2D eigenvalue weighted by Gasteiger charge is 2.16. The van der Waals surface area contributed by atoms with Crippen molar-refractivity contribution >= 4 is 34.7 Å². The van der Waals surface area contributed by atoms with Gasteiger partial charge in [0.2, 0.25) is 0 Å². The minimum Gasteiger partial charge on any atom is -0.125 e. The maximum Gasteiger partial charge on any atom is 0.308 e. The fourth-order valence-electron chi connectivity index (χ4n) is 0.569. The third-order valence-electron chi connectivity index (χ3n) is 1.04. The molecular formula is C5H6Cl2NS+. The van der Waals surface area contributed by atoms with E-state index in [0.717, 1.165) is 4.88 Å². The van der Waals surface area contributed by atoms with Gasteiger partial charge >= 0.3 is 5.15 Å². The Kier molecular flexibility index (Phi) is 1.99. The number of aromatic nitrogens is 1. The van der Waals surface area contributed by atoms with Crippen LogP contribution in [0, 0.1) is 6.92 Å². The number of nitrogens with zero attached hydrogens (tertiary/aromatic N) is 1. The van der Waals surface area contributed by atoms with Crippen LogP contribution in [0.4, 0.5) is 0 Å². The Morgan fingerprint density at radius 1 is 1.44 bits per heavy atom. The molecule has 0 aromatic carbocycles. The average molecular weight is 183 g/mol. The first-order valence-corrected chi connectivity index (χ1v) is 3.96. The predicted molar refractivity (Wildman–Crippen MR) is 40.3 cm³/mol. The molecule has 1 aromatic heterocycles. The molecule has 0 saturated carbocycles. The molecule has 4 heteroatoms. The van der Waals surface area contributed by atoms with Crippen LogP contribution in [-0.2, 0) is 7.05 Å². The summed E-state index contributed by atoms with van der Waals surface area (Å²) in [4.78, 5) is 1.06. The van der Waals surface area contributed by atoms with Crippen molar-refractivity contribution in [2.75, 3.05) is 0 Å². The number of hydrogen-bond donors (Lipinski definition) is 0. The van der Waals surface area contributed by atoms with Gasteiger partial charge in [-0.3, -0.25) is 0 Å². The molecule has 0 bridgehead atoms. The van der Waals surface area contributed by atoms with Gasteiger partial charge in [0.1, 0.15) is 16.6 Å². The first-order chi connectivity index (χ1) is 4.13.